The van der Waals surface area contributed by atoms with E-state index in [9.17, 15) is 14.7 Å². The fourth-order valence-electron chi connectivity index (χ4n) is 2.74. The van der Waals surface area contributed by atoms with Gasteiger partial charge in [0.25, 0.3) is 5.91 Å². The van der Waals surface area contributed by atoms with Crippen LogP contribution in [0, 0.1) is 0 Å². The Bertz CT molecular complexity index is 796. The normalized spacial score (nSPS) is 14.5. The van der Waals surface area contributed by atoms with E-state index in [0.717, 1.165) is 5.56 Å². The SMILES string of the molecule is CC1(C)Cc2ccc(C(=O)NCC(=O)NCc3ccco3)c(O)c2O1. The third-order valence-corrected chi connectivity index (χ3v) is 3.90. The molecule has 2 aromatic rings. The van der Waals surface area contributed by atoms with Gasteiger partial charge in [0.15, 0.2) is 11.5 Å². The first kappa shape index (κ1) is 16.9. The molecule has 1 aromatic carbocycles. The summed E-state index contributed by atoms with van der Waals surface area (Å²) in [5.41, 5.74) is 0.520. The van der Waals surface area contributed by atoms with E-state index < -0.39 is 11.5 Å². The van der Waals surface area contributed by atoms with Crippen LogP contribution >= 0.6 is 0 Å². The van der Waals surface area contributed by atoms with E-state index in [1.807, 2.05) is 13.8 Å². The quantitative estimate of drug-likeness (QED) is 0.767. The van der Waals surface area contributed by atoms with Crippen LogP contribution in [-0.4, -0.2) is 29.1 Å². The van der Waals surface area contributed by atoms with Crippen molar-refractivity contribution in [1.29, 1.82) is 0 Å². The molecule has 2 heterocycles. The van der Waals surface area contributed by atoms with Crippen LogP contribution < -0.4 is 15.4 Å². The molecule has 1 aliphatic rings. The maximum Gasteiger partial charge on any atom is 0.255 e. The van der Waals surface area contributed by atoms with Crippen molar-refractivity contribution in [3.63, 3.8) is 0 Å². The highest BCUT2D eigenvalue weighted by Crippen LogP contribution is 2.43. The van der Waals surface area contributed by atoms with E-state index >= 15 is 0 Å². The smallest absolute Gasteiger partial charge is 0.255 e. The Morgan fingerprint density at radius 1 is 1.24 bits per heavy atom. The molecule has 3 rings (SSSR count). The molecule has 0 bridgehead atoms. The van der Waals surface area contributed by atoms with Gasteiger partial charge in [-0.15, -0.1) is 0 Å². The first-order valence-corrected chi connectivity index (χ1v) is 7.97. The highest BCUT2D eigenvalue weighted by Gasteiger charge is 2.33. The number of fused-ring (bicyclic) bond motifs is 1. The molecule has 25 heavy (non-hydrogen) atoms. The summed E-state index contributed by atoms with van der Waals surface area (Å²) in [5.74, 6) is -0.142. The number of carbonyl (C=O) groups excluding carboxylic acids is 2. The lowest BCUT2D eigenvalue weighted by atomic mass is 10.0. The van der Waals surface area contributed by atoms with Crippen LogP contribution in [-0.2, 0) is 17.8 Å². The molecule has 0 atom stereocenters. The summed E-state index contributed by atoms with van der Waals surface area (Å²) in [4.78, 5) is 24.0. The number of ether oxygens (including phenoxy) is 1. The second-order valence-electron chi connectivity index (χ2n) is 6.53. The van der Waals surface area contributed by atoms with Gasteiger partial charge in [-0.05, 0) is 32.0 Å². The second-order valence-corrected chi connectivity index (χ2v) is 6.53. The fourth-order valence-corrected chi connectivity index (χ4v) is 2.74. The molecule has 0 aliphatic carbocycles. The van der Waals surface area contributed by atoms with Gasteiger partial charge in [0.2, 0.25) is 5.91 Å². The summed E-state index contributed by atoms with van der Waals surface area (Å²) >= 11 is 0. The number of hydrogen-bond donors (Lipinski definition) is 3. The van der Waals surface area contributed by atoms with E-state index in [4.69, 9.17) is 9.15 Å². The predicted molar refractivity (Wildman–Crippen MR) is 89.4 cm³/mol. The van der Waals surface area contributed by atoms with Crippen molar-refractivity contribution in [3.8, 4) is 11.5 Å². The molecule has 132 valence electrons. The average molecular weight is 344 g/mol. The Morgan fingerprint density at radius 3 is 2.76 bits per heavy atom. The molecule has 0 unspecified atom stereocenters. The zero-order valence-electron chi connectivity index (χ0n) is 14.1. The molecule has 0 saturated carbocycles. The number of phenols is 1. The van der Waals surface area contributed by atoms with Gasteiger partial charge in [0, 0.05) is 12.0 Å². The lowest BCUT2D eigenvalue weighted by Gasteiger charge is -2.17. The number of amides is 2. The molecule has 0 radical (unpaired) electrons. The van der Waals surface area contributed by atoms with Crippen LogP contribution in [0.15, 0.2) is 34.9 Å². The number of hydrogen-bond acceptors (Lipinski definition) is 5. The highest BCUT2D eigenvalue weighted by atomic mass is 16.5. The van der Waals surface area contributed by atoms with Gasteiger partial charge < -0.3 is 24.9 Å². The Morgan fingerprint density at radius 2 is 2.04 bits per heavy atom. The van der Waals surface area contributed by atoms with Crippen LogP contribution in [0.5, 0.6) is 11.5 Å². The standard InChI is InChI=1S/C18H20N2O5/c1-18(2)8-11-5-6-13(15(22)16(11)25-18)17(23)20-10-14(21)19-9-12-4-3-7-24-12/h3-7,22H,8-10H2,1-2H3,(H,19,21)(H,20,23). The lowest BCUT2D eigenvalue weighted by Crippen LogP contribution is -2.36. The molecular formula is C18H20N2O5. The monoisotopic (exact) mass is 344 g/mol. The number of furan rings is 1. The van der Waals surface area contributed by atoms with E-state index in [2.05, 4.69) is 10.6 Å². The first-order chi connectivity index (χ1) is 11.9. The zero-order valence-corrected chi connectivity index (χ0v) is 14.1. The van der Waals surface area contributed by atoms with Crippen molar-refractivity contribution in [2.24, 2.45) is 0 Å². The van der Waals surface area contributed by atoms with Crippen molar-refractivity contribution in [2.45, 2.75) is 32.4 Å². The summed E-state index contributed by atoms with van der Waals surface area (Å²) in [6.07, 6.45) is 2.18. The van der Waals surface area contributed by atoms with Crippen molar-refractivity contribution in [3.05, 3.63) is 47.4 Å². The molecule has 1 aliphatic heterocycles. The summed E-state index contributed by atoms with van der Waals surface area (Å²) in [5, 5.41) is 15.4. The molecule has 7 nitrogen and oxygen atoms in total. The molecule has 7 heteroatoms. The molecule has 1 aromatic heterocycles. The van der Waals surface area contributed by atoms with Gasteiger partial charge in [0.05, 0.1) is 24.9 Å². The number of benzene rings is 1. The molecule has 0 saturated heterocycles. The third kappa shape index (κ3) is 3.76. The van der Waals surface area contributed by atoms with E-state index in [1.54, 1.807) is 18.2 Å². The summed E-state index contributed by atoms with van der Waals surface area (Å²) in [6, 6.07) is 6.76. The van der Waals surface area contributed by atoms with Gasteiger partial charge in [-0.2, -0.15) is 0 Å². The zero-order chi connectivity index (χ0) is 18.0. The third-order valence-electron chi connectivity index (χ3n) is 3.90. The van der Waals surface area contributed by atoms with Crippen molar-refractivity contribution in [2.75, 3.05) is 6.54 Å². The number of nitrogens with one attached hydrogen (secondary N) is 2. The molecule has 0 fully saturated rings. The summed E-state index contributed by atoms with van der Waals surface area (Å²) in [6.45, 7) is 3.86. The predicted octanol–water partition coefficient (Wildman–Crippen LogP) is 1.74. The van der Waals surface area contributed by atoms with Gasteiger partial charge in [-0.1, -0.05) is 6.07 Å². The minimum Gasteiger partial charge on any atom is -0.504 e. The van der Waals surface area contributed by atoms with Crippen LogP contribution in [0.1, 0.15) is 35.5 Å². The van der Waals surface area contributed by atoms with Gasteiger partial charge in [0.1, 0.15) is 11.4 Å². The highest BCUT2D eigenvalue weighted by molar-refractivity contribution is 5.99. The van der Waals surface area contributed by atoms with Crippen LogP contribution in [0.25, 0.3) is 0 Å². The second kappa shape index (κ2) is 6.51. The Kier molecular flexibility index (Phi) is 4.39. The Labute approximate surface area is 145 Å². The van der Waals surface area contributed by atoms with Crippen molar-refractivity contribution in [1.82, 2.24) is 10.6 Å². The number of phenolic OH excluding ortho intramolecular Hbond substituents is 1. The number of rotatable bonds is 5. The number of carbonyl (C=O) groups is 2. The van der Waals surface area contributed by atoms with Crippen LogP contribution in [0.3, 0.4) is 0 Å². The minimum atomic E-state index is -0.540. The Hall–Kier alpha value is -2.96. The Balaban J connectivity index is 1.58. The minimum absolute atomic E-state index is 0.0790. The molecule has 0 spiro atoms. The van der Waals surface area contributed by atoms with Gasteiger partial charge >= 0.3 is 0 Å². The average Bonchev–Trinajstić information content (AvgIpc) is 3.17. The molecular weight excluding hydrogens is 324 g/mol. The fraction of sp³-hybridized carbons (Fsp3) is 0.333. The van der Waals surface area contributed by atoms with E-state index in [0.29, 0.717) is 17.9 Å². The maximum atomic E-state index is 12.2. The number of aromatic hydroxyl groups is 1. The van der Waals surface area contributed by atoms with Crippen LogP contribution in [0.4, 0.5) is 0 Å². The summed E-state index contributed by atoms with van der Waals surface area (Å²) < 4.78 is 10.8. The molecule has 3 N–H and O–H groups in total. The largest absolute Gasteiger partial charge is 0.504 e. The van der Waals surface area contributed by atoms with Crippen molar-refractivity contribution < 1.29 is 23.8 Å². The topological polar surface area (TPSA) is 101 Å². The van der Waals surface area contributed by atoms with Gasteiger partial charge in [-0.25, -0.2) is 0 Å². The first-order valence-electron chi connectivity index (χ1n) is 7.97. The van der Waals surface area contributed by atoms with Crippen LogP contribution in [0.2, 0.25) is 0 Å². The molecule has 2 amide bonds. The van der Waals surface area contributed by atoms with Gasteiger partial charge in [-0.3, -0.25) is 9.59 Å². The summed E-state index contributed by atoms with van der Waals surface area (Å²) in [7, 11) is 0. The van der Waals surface area contributed by atoms with E-state index in [-0.39, 0.29) is 30.3 Å². The maximum absolute atomic E-state index is 12.2. The van der Waals surface area contributed by atoms with E-state index in [1.165, 1.54) is 12.3 Å². The van der Waals surface area contributed by atoms with Crippen molar-refractivity contribution >= 4 is 11.8 Å². The lowest BCUT2D eigenvalue weighted by molar-refractivity contribution is -0.120.